The number of ether oxygens (including phenoxy) is 3. The van der Waals surface area contributed by atoms with Gasteiger partial charge in [0.15, 0.2) is 12.1 Å². The highest BCUT2D eigenvalue weighted by atomic mass is 16.6. The van der Waals surface area contributed by atoms with Crippen LogP contribution in [0.15, 0.2) is 109 Å². The minimum atomic E-state index is -0.891. The molecule has 0 radical (unpaired) electrons. The van der Waals surface area contributed by atoms with Crippen molar-refractivity contribution < 1.29 is 38.2 Å². The SMILES string of the molecule is CC/C=C/C/C=C/C/C=C/C/C=C/C/C=C/C/C=C/CCCC(=O)OCC(COCCC(C(=O)O)[N+](C)(C)C)OC(=O)CCCCCCC/C=C/C=C/C=C/CCCCCCC. The lowest BCUT2D eigenvalue weighted by atomic mass is 10.1. The van der Waals surface area contributed by atoms with Crippen molar-refractivity contribution in [3.05, 3.63) is 109 Å². The van der Waals surface area contributed by atoms with E-state index in [1.54, 1.807) is 0 Å². The zero-order valence-corrected chi connectivity index (χ0v) is 39.8. The predicted octanol–water partition coefficient (Wildman–Crippen LogP) is 13.6. The quantitative estimate of drug-likeness (QED) is 0.0215. The van der Waals surface area contributed by atoms with E-state index in [0.29, 0.717) is 12.8 Å². The molecule has 2 unspecified atom stereocenters. The average Bonchev–Trinajstić information content (AvgIpc) is 3.23. The number of hydrogen-bond acceptors (Lipinski definition) is 6. The van der Waals surface area contributed by atoms with Crippen molar-refractivity contribution >= 4 is 17.9 Å². The van der Waals surface area contributed by atoms with E-state index in [1.165, 1.54) is 32.1 Å². The average molecular weight is 863 g/mol. The Morgan fingerprint density at radius 2 is 0.984 bits per heavy atom. The fourth-order valence-electron chi connectivity index (χ4n) is 6.28. The minimum absolute atomic E-state index is 0.0269. The molecule has 0 amide bonds. The van der Waals surface area contributed by atoms with Gasteiger partial charge in [-0.2, -0.15) is 0 Å². The number of quaternary nitrogens is 1. The number of carbonyl (C=O) groups excluding carboxylic acids is 2. The van der Waals surface area contributed by atoms with Gasteiger partial charge >= 0.3 is 17.9 Å². The van der Waals surface area contributed by atoms with Crippen LogP contribution in [0.4, 0.5) is 0 Å². The Morgan fingerprint density at radius 1 is 0.516 bits per heavy atom. The summed E-state index contributed by atoms with van der Waals surface area (Å²) in [6.07, 6.45) is 60.0. The second kappa shape index (κ2) is 43.6. The van der Waals surface area contributed by atoms with Crippen molar-refractivity contribution in [2.75, 3.05) is 41.0 Å². The molecule has 2 atom stereocenters. The normalized spacial score (nSPS) is 13.9. The lowest BCUT2D eigenvalue weighted by Crippen LogP contribution is -2.50. The van der Waals surface area contributed by atoms with E-state index >= 15 is 0 Å². The maximum absolute atomic E-state index is 12.8. The van der Waals surface area contributed by atoms with Gasteiger partial charge in [0.25, 0.3) is 0 Å². The highest BCUT2D eigenvalue weighted by molar-refractivity contribution is 5.72. The van der Waals surface area contributed by atoms with E-state index < -0.39 is 18.1 Å². The van der Waals surface area contributed by atoms with Gasteiger partial charge in [0, 0.05) is 19.3 Å². The number of carbonyl (C=O) groups is 3. The van der Waals surface area contributed by atoms with Gasteiger partial charge in [-0.1, -0.05) is 168 Å². The highest BCUT2D eigenvalue weighted by Gasteiger charge is 2.31. The van der Waals surface area contributed by atoms with Crippen LogP contribution in [-0.4, -0.2) is 80.6 Å². The van der Waals surface area contributed by atoms with E-state index in [2.05, 4.69) is 123 Å². The second-order valence-electron chi connectivity index (χ2n) is 16.7. The van der Waals surface area contributed by atoms with Gasteiger partial charge in [-0.05, 0) is 83.5 Å². The van der Waals surface area contributed by atoms with Gasteiger partial charge < -0.3 is 23.8 Å². The number of likely N-dealkylation sites (N-methyl/N-ethyl adjacent to an activating group) is 1. The molecule has 0 rings (SSSR count). The Morgan fingerprint density at radius 3 is 1.50 bits per heavy atom. The summed E-state index contributed by atoms with van der Waals surface area (Å²) >= 11 is 0. The fourth-order valence-corrected chi connectivity index (χ4v) is 6.28. The van der Waals surface area contributed by atoms with Gasteiger partial charge in [-0.3, -0.25) is 9.59 Å². The molecule has 8 heteroatoms. The monoisotopic (exact) mass is 863 g/mol. The maximum atomic E-state index is 12.8. The van der Waals surface area contributed by atoms with Gasteiger partial charge in [0.2, 0.25) is 0 Å². The van der Waals surface area contributed by atoms with Crippen molar-refractivity contribution in [1.82, 2.24) is 0 Å². The van der Waals surface area contributed by atoms with Crippen LogP contribution in [0, 0.1) is 0 Å². The maximum Gasteiger partial charge on any atom is 0.362 e. The smallest absolute Gasteiger partial charge is 0.362 e. The molecule has 0 saturated carbocycles. The number of unbranched alkanes of at least 4 members (excludes halogenated alkanes) is 11. The van der Waals surface area contributed by atoms with Crippen LogP contribution in [0.5, 0.6) is 0 Å². The summed E-state index contributed by atoms with van der Waals surface area (Å²) in [6.45, 7) is 4.50. The Kier molecular flexibility index (Phi) is 40.8. The molecule has 0 aromatic carbocycles. The lowest BCUT2D eigenvalue weighted by Gasteiger charge is -2.31. The largest absolute Gasteiger partial charge is 0.477 e. The Balaban J connectivity index is 4.47. The molecule has 350 valence electrons. The van der Waals surface area contributed by atoms with Gasteiger partial charge in [0.05, 0.1) is 34.4 Å². The number of esters is 2. The number of carboxylic acid groups (broad SMARTS) is 1. The van der Waals surface area contributed by atoms with Crippen LogP contribution >= 0.6 is 0 Å². The fraction of sp³-hybridized carbons (Fsp3) is 0.611. The summed E-state index contributed by atoms with van der Waals surface area (Å²) in [5.41, 5.74) is 0. The van der Waals surface area contributed by atoms with E-state index in [1.807, 2.05) is 21.1 Å². The molecule has 0 aliphatic carbocycles. The van der Waals surface area contributed by atoms with Crippen LogP contribution in [0.25, 0.3) is 0 Å². The Bertz CT molecular complexity index is 1370. The molecule has 8 nitrogen and oxygen atoms in total. The van der Waals surface area contributed by atoms with Crippen molar-refractivity contribution in [1.29, 1.82) is 0 Å². The van der Waals surface area contributed by atoms with Gasteiger partial charge in [0.1, 0.15) is 6.61 Å². The Labute approximate surface area is 378 Å². The van der Waals surface area contributed by atoms with Crippen molar-refractivity contribution in [3.8, 4) is 0 Å². The number of aliphatic carboxylic acids is 1. The molecule has 62 heavy (non-hydrogen) atoms. The third kappa shape index (κ3) is 41.3. The lowest BCUT2D eigenvalue weighted by molar-refractivity contribution is -0.887. The summed E-state index contributed by atoms with van der Waals surface area (Å²) in [6, 6.07) is -0.634. The molecule has 1 N–H and O–H groups in total. The highest BCUT2D eigenvalue weighted by Crippen LogP contribution is 2.12. The summed E-state index contributed by atoms with van der Waals surface area (Å²) in [7, 11) is 5.49. The number of allylic oxidation sites excluding steroid dienone is 18. The van der Waals surface area contributed by atoms with Gasteiger partial charge in [-0.15, -0.1) is 0 Å². The molecular formula is C54H88NO7+. The molecule has 0 aliphatic rings. The van der Waals surface area contributed by atoms with E-state index in [0.717, 1.165) is 89.9 Å². The Hall–Kier alpha value is -4.01. The second-order valence-corrected chi connectivity index (χ2v) is 16.7. The van der Waals surface area contributed by atoms with Crippen molar-refractivity contribution in [3.63, 3.8) is 0 Å². The van der Waals surface area contributed by atoms with Crippen molar-refractivity contribution in [2.45, 2.75) is 174 Å². The first kappa shape index (κ1) is 58.0. The molecular weight excluding hydrogens is 775 g/mol. The standard InChI is InChI=1S/C54H87NO7/c1-6-8-10-12-14-16-18-20-22-24-26-27-29-30-32-34-36-38-40-42-44-52(56)61-49-50(48-60-47-46-51(54(58)59)55(3,4)5)62-53(57)45-43-41-39-37-35-33-31-28-25-23-21-19-17-15-13-11-9-7-2/h8,10,14,16,19-23,25-28,30-32,36,38,50-51H,6-7,9,11-13,15,17-18,24,29,33-35,37,39-49H2,1-5H3/p+1/b10-8+,16-14+,21-19+,22-20+,25-23+,27-26+,31-28+,32-30+,38-36+. The molecule has 0 aliphatic heterocycles. The number of nitrogens with zero attached hydrogens (tertiary/aromatic N) is 1. The third-order valence-corrected chi connectivity index (χ3v) is 9.97. The molecule has 0 saturated heterocycles. The molecule has 0 aromatic heterocycles. The predicted molar refractivity (Wildman–Crippen MR) is 261 cm³/mol. The number of carboxylic acids is 1. The van der Waals surface area contributed by atoms with Crippen LogP contribution in [0.1, 0.15) is 162 Å². The van der Waals surface area contributed by atoms with Gasteiger partial charge in [-0.25, -0.2) is 4.79 Å². The van der Waals surface area contributed by atoms with Crippen LogP contribution in [0.3, 0.4) is 0 Å². The summed E-state index contributed by atoms with van der Waals surface area (Å²) in [5, 5.41) is 9.64. The van der Waals surface area contributed by atoms with E-state index in [-0.39, 0.29) is 49.1 Å². The van der Waals surface area contributed by atoms with Crippen LogP contribution in [-0.2, 0) is 28.6 Å². The van der Waals surface area contributed by atoms with E-state index in [4.69, 9.17) is 14.2 Å². The summed E-state index contributed by atoms with van der Waals surface area (Å²) < 4.78 is 17.2. The van der Waals surface area contributed by atoms with Crippen molar-refractivity contribution in [2.24, 2.45) is 0 Å². The summed E-state index contributed by atoms with van der Waals surface area (Å²) in [5.74, 6) is -1.58. The van der Waals surface area contributed by atoms with Crippen LogP contribution in [0.2, 0.25) is 0 Å². The first-order chi connectivity index (χ1) is 30.1. The first-order valence-electron chi connectivity index (χ1n) is 24.0. The molecule has 0 spiro atoms. The topological polar surface area (TPSA) is 99.1 Å². The molecule has 0 bridgehead atoms. The number of hydrogen-bond donors (Lipinski definition) is 1. The summed E-state index contributed by atoms with van der Waals surface area (Å²) in [4.78, 5) is 37.1. The molecule has 0 aromatic rings. The molecule has 0 fully saturated rings. The third-order valence-electron chi connectivity index (χ3n) is 9.97. The zero-order chi connectivity index (χ0) is 45.6. The number of rotatable bonds is 41. The van der Waals surface area contributed by atoms with Crippen LogP contribution < -0.4 is 0 Å². The minimum Gasteiger partial charge on any atom is -0.477 e. The zero-order valence-electron chi connectivity index (χ0n) is 39.8. The first-order valence-corrected chi connectivity index (χ1v) is 24.0. The molecule has 0 heterocycles. The van der Waals surface area contributed by atoms with E-state index in [9.17, 15) is 19.5 Å².